The summed E-state index contributed by atoms with van der Waals surface area (Å²) in [7, 11) is 0. The predicted molar refractivity (Wildman–Crippen MR) is 86.8 cm³/mol. The molecule has 1 saturated heterocycles. The second kappa shape index (κ2) is 12.4. The van der Waals surface area contributed by atoms with Gasteiger partial charge < -0.3 is 20.3 Å². The van der Waals surface area contributed by atoms with Crippen LogP contribution in [0.4, 0.5) is 4.79 Å². The number of hydrogen-bond donors (Lipinski definition) is 2. The summed E-state index contributed by atoms with van der Waals surface area (Å²) in [6.07, 6.45) is 8.20. The fourth-order valence-corrected chi connectivity index (χ4v) is 2.44. The number of unbranched alkanes of at least 4 members (excludes halogenated alkanes) is 6. The highest BCUT2D eigenvalue weighted by molar-refractivity contribution is 5.85. The van der Waals surface area contributed by atoms with Crippen molar-refractivity contribution in [3.8, 4) is 0 Å². The molecule has 0 unspecified atom stereocenters. The zero-order valence-electron chi connectivity index (χ0n) is 13.9. The second-order valence-electron chi connectivity index (χ2n) is 5.78. The number of piperazine rings is 1. The third-order valence-corrected chi connectivity index (χ3v) is 3.80. The van der Waals surface area contributed by atoms with Gasteiger partial charge in [-0.2, -0.15) is 0 Å². The van der Waals surface area contributed by atoms with E-state index in [-0.39, 0.29) is 6.54 Å². The summed E-state index contributed by atoms with van der Waals surface area (Å²) in [6.45, 7) is 5.81. The summed E-state index contributed by atoms with van der Waals surface area (Å²) in [5, 5.41) is 6.18. The Balaban J connectivity index is 1.93. The predicted octanol–water partition coefficient (Wildman–Crippen LogP) is 1.89. The first-order valence-corrected chi connectivity index (χ1v) is 8.65. The fourth-order valence-electron chi connectivity index (χ4n) is 2.44. The van der Waals surface area contributed by atoms with Crippen LogP contribution in [0.1, 0.15) is 51.9 Å². The molecule has 0 aliphatic carbocycles. The maximum atomic E-state index is 11.7. The van der Waals surface area contributed by atoms with E-state index in [2.05, 4.69) is 17.6 Å². The van der Waals surface area contributed by atoms with Crippen molar-refractivity contribution in [3.05, 3.63) is 0 Å². The Bertz CT molecular complexity index is 318. The topological polar surface area (TPSA) is 70.7 Å². The minimum atomic E-state index is -0.524. The molecule has 6 heteroatoms. The highest BCUT2D eigenvalue weighted by Crippen LogP contribution is 2.06. The van der Waals surface area contributed by atoms with Crippen molar-refractivity contribution >= 4 is 12.1 Å². The first kappa shape index (κ1) is 18.9. The zero-order valence-corrected chi connectivity index (χ0v) is 13.9. The summed E-state index contributed by atoms with van der Waals surface area (Å²) in [6, 6.07) is 0. The molecule has 22 heavy (non-hydrogen) atoms. The van der Waals surface area contributed by atoms with Gasteiger partial charge in [0.1, 0.15) is 0 Å². The molecule has 0 aromatic heterocycles. The number of hydrogen-bond acceptors (Lipinski definition) is 5. The van der Waals surface area contributed by atoms with Gasteiger partial charge in [0.05, 0.1) is 6.54 Å². The van der Waals surface area contributed by atoms with Crippen molar-refractivity contribution in [1.29, 1.82) is 0 Å². The Hall–Kier alpha value is -1.14. The zero-order chi connectivity index (χ0) is 16.0. The van der Waals surface area contributed by atoms with E-state index >= 15 is 0 Å². The third kappa shape index (κ3) is 9.00. The molecule has 1 amide bonds. The number of carbonyl (C=O) groups is 2. The molecule has 1 aliphatic heterocycles. The number of nitrogens with one attached hydrogen (secondary N) is 2. The Morgan fingerprint density at radius 1 is 1.05 bits per heavy atom. The van der Waals surface area contributed by atoms with Gasteiger partial charge in [-0.3, -0.25) is 4.79 Å². The minimum absolute atomic E-state index is 0.105. The van der Waals surface area contributed by atoms with Crippen LogP contribution in [0.25, 0.3) is 0 Å². The van der Waals surface area contributed by atoms with Gasteiger partial charge in [0.15, 0.2) is 0 Å². The maximum Gasteiger partial charge on any atom is 0.417 e. The van der Waals surface area contributed by atoms with E-state index in [0.717, 1.165) is 26.1 Å². The molecular formula is C16H31N3O3. The van der Waals surface area contributed by atoms with E-state index in [4.69, 9.17) is 4.74 Å². The molecule has 0 atom stereocenters. The van der Waals surface area contributed by atoms with Crippen LogP contribution in [-0.4, -0.2) is 56.2 Å². The molecule has 2 N–H and O–H groups in total. The highest BCUT2D eigenvalue weighted by Gasteiger charge is 2.19. The lowest BCUT2D eigenvalue weighted by molar-refractivity contribution is -0.137. The Morgan fingerprint density at radius 2 is 1.68 bits per heavy atom. The first-order valence-electron chi connectivity index (χ1n) is 8.65. The van der Waals surface area contributed by atoms with Gasteiger partial charge in [0.2, 0.25) is 0 Å². The summed E-state index contributed by atoms with van der Waals surface area (Å²) in [5.74, 6) is -0.494. The molecular weight excluding hydrogens is 282 g/mol. The average Bonchev–Trinajstić information content (AvgIpc) is 2.54. The number of rotatable bonds is 10. The first-order chi connectivity index (χ1) is 10.7. The molecule has 1 rings (SSSR count). The highest BCUT2D eigenvalue weighted by atomic mass is 16.6. The van der Waals surface area contributed by atoms with Crippen molar-refractivity contribution in [3.63, 3.8) is 0 Å². The number of esters is 1. The molecule has 1 aliphatic rings. The van der Waals surface area contributed by atoms with Crippen LogP contribution in [-0.2, 0) is 9.53 Å². The van der Waals surface area contributed by atoms with Gasteiger partial charge >= 0.3 is 12.1 Å². The lowest BCUT2D eigenvalue weighted by atomic mass is 10.1. The number of carbonyl (C=O) groups excluding carboxylic acids is 2. The van der Waals surface area contributed by atoms with Crippen molar-refractivity contribution in [2.45, 2.75) is 51.9 Å². The van der Waals surface area contributed by atoms with Gasteiger partial charge in [-0.1, -0.05) is 45.4 Å². The standard InChI is InChI=1S/C16H31N3O3/c1-2-3-4-5-6-7-8-9-18-14-15(20)22-16(21)19-12-10-17-11-13-19/h17-18H,2-14H2,1H3. The van der Waals surface area contributed by atoms with Crippen LogP contribution in [0, 0.1) is 0 Å². The molecule has 1 fully saturated rings. The van der Waals surface area contributed by atoms with Crippen molar-refractivity contribution in [2.24, 2.45) is 0 Å². The Kier molecular flexibility index (Phi) is 10.7. The summed E-state index contributed by atoms with van der Waals surface area (Å²) >= 11 is 0. The lowest BCUT2D eigenvalue weighted by Crippen LogP contribution is -2.47. The van der Waals surface area contributed by atoms with Crippen LogP contribution in [0.2, 0.25) is 0 Å². The lowest BCUT2D eigenvalue weighted by Gasteiger charge is -2.25. The third-order valence-electron chi connectivity index (χ3n) is 3.80. The van der Waals surface area contributed by atoms with Crippen LogP contribution < -0.4 is 10.6 Å². The average molecular weight is 313 g/mol. The van der Waals surface area contributed by atoms with E-state index in [1.165, 1.54) is 38.5 Å². The maximum absolute atomic E-state index is 11.7. The Labute approximate surface area is 134 Å². The molecule has 0 aromatic carbocycles. The number of amides is 1. The molecule has 128 valence electrons. The normalized spacial score (nSPS) is 14.9. The second-order valence-corrected chi connectivity index (χ2v) is 5.78. The SMILES string of the molecule is CCCCCCCCCNCC(=O)OC(=O)N1CCNCC1. The van der Waals surface area contributed by atoms with Crippen molar-refractivity contribution in [2.75, 3.05) is 39.3 Å². The van der Waals surface area contributed by atoms with Gasteiger partial charge in [0.25, 0.3) is 0 Å². The summed E-state index contributed by atoms with van der Waals surface area (Å²) in [4.78, 5) is 24.8. The molecule has 0 saturated carbocycles. The van der Waals surface area contributed by atoms with E-state index in [9.17, 15) is 9.59 Å². The van der Waals surface area contributed by atoms with E-state index in [0.29, 0.717) is 13.1 Å². The van der Waals surface area contributed by atoms with E-state index in [1.807, 2.05) is 0 Å². The van der Waals surface area contributed by atoms with Crippen LogP contribution in [0.3, 0.4) is 0 Å². The van der Waals surface area contributed by atoms with Crippen LogP contribution in [0.15, 0.2) is 0 Å². The van der Waals surface area contributed by atoms with Gasteiger partial charge in [-0.25, -0.2) is 4.79 Å². The smallest absolute Gasteiger partial charge is 0.375 e. The van der Waals surface area contributed by atoms with Crippen LogP contribution >= 0.6 is 0 Å². The molecule has 0 aromatic rings. The molecule has 0 bridgehead atoms. The Morgan fingerprint density at radius 3 is 2.36 bits per heavy atom. The van der Waals surface area contributed by atoms with Gasteiger partial charge in [-0.15, -0.1) is 0 Å². The van der Waals surface area contributed by atoms with Gasteiger partial charge in [-0.05, 0) is 13.0 Å². The number of nitrogens with zero attached hydrogens (tertiary/aromatic N) is 1. The van der Waals surface area contributed by atoms with Crippen LogP contribution in [0.5, 0.6) is 0 Å². The fraction of sp³-hybridized carbons (Fsp3) is 0.875. The van der Waals surface area contributed by atoms with Crippen molar-refractivity contribution < 1.29 is 14.3 Å². The molecule has 1 heterocycles. The van der Waals surface area contributed by atoms with Gasteiger partial charge in [0, 0.05) is 26.2 Å². The summed E-state index contributed by atoms with van der Waals surface area (Å²) in [5.41, 5.74) is 0. The molecule has 6 nitrogen and oxygen atoms in total. The monoisotopic (exact) mass is 313 g/mol. The van der Waals surface area contributed by atoms with E-state index in [1.54, 1.807) is 4.90 Å². The number of ether oxygens (including phenoxy) is 1. The molecule has 0 spiro atoms. The summed E-state index contributed by atoms with van der Waals surface area (Å²) < 4.78 is 4.82. The minimum Gasteiger partial charge on any atom is -0.375 e. The quantitative estimate of drug-likeness (QED) is 0.366. The largest absolute Gasteiger partial charge is 0.417 e. The van der Waals surface area contributed by atoms with Crippen molar-refractivity contribution in [1.82, 2.24) is 15.5 Å². The van der Waals surface area contributed by atoms with E-state index < -0.39 is 12.1 Å². The molecule has 0 radical (unpaired) electrons.